The molecule has 0 aliphatic heterocycles. The summed E-state index contributed by atoms with van der Waals surface area (Å²) in [4.78, 5) is 4.20. The summed E-state index contributed by atoms with van der Waals surface area (Å²) in [6.45, 7) is 0.194. The van der Waals surface area contributed by atoms with E-state index in [0.717, 1.165) is 28.7 Å². The molecule has 0 fully saturated rings. The van der Waals surface area contributed by atoms with Crippen molar-refractivity contribution < 1.29 is 13.2 Å². The van der Waals surface area contributed by atoms with Crippen molar-refractivity contribution in [3.05, 3.63) is 71.7 Å². The standard InChI is InChI=1S/C16H11F3N2/c17-13-6-10(7-14(18)16(13)19)9-21-12-3-4-15-11(8-12)2-1-5-20-15/h1-8,21H,9H2. The molecule has 0 unspecified atom stereocenters. The molecule has 0 aliphatic carbocycles. The zero-order valence-electron chi connectivity index (χ0n) is 10.9. The predicted molar refractivity (Wildman–Crippen MR) is 75.4 cm³/mol. The number of nitrogens with one attached hydrogen (secondary N) is 1. The lowest BCUT2D eigenvalue weighted by Crippen LogP contribution is -2.02. The van der Waals surface area contributed by atoms with Crippen molar-refractivity contribution in [1.29, 1.82) is 0 Å². The molecule has 0 atom stereocenters. The number of benzene rings is 2. The molecule has 1 N–H and O–H groups in total. The molecule has 5 heteroatoms. The lowest BCUT2D eigenvalue weighted by molar-refractivity contribution is 0.445. The maximum atomic E-state index is 13.1. The van der Waals surface area contributed by atoms with Crippen LogP contribution >= 0.6 is 0 Å². The fraction of sp³-hybridized carbons (Fsp3) is 0.0625. The number of rotatable bonds is 3. The Hall–Kier alpha value is -2.56. The van der Waals surface area contributed by atoms with Gasteiger partial charge in [-0.05, 0) is 42.0 Å². The number of aromatic nitrogens is 1. The van der Waals surface area contributed by atoms with E-state index in [1.54, 1.807) is 6.20 Å². The van der Waals surface area contributed by atoms with Gasteiger partial charge in [-0.15, -0.1) is 0 Å². The Morgan fingerprint density at radius 2 is 1.71 bits per heavy atom. The van der Waals surface area contributed by atoms with Crippen LogP contribution in [-0.4, -0.2) is 4.98 Å². The monoisotopic (exact) mass is 288 g/mol. The Kier molecular flexibility index (Phi) is 3.48. The van der Waals surface area contributed by atoms with Crippen LogP contribution in [0.25, 0.3) is 10.9 Å². The molecule has 3 aromatic rings. The van der Waals surface area contributed by atoms with E-state index < -0.39 is 17.5 Å². The van der Waals surface area contributed by atoms with Crippen LogP contribution in [0.3, 0.4) is 0 Å². The maximum Gasteiger partial charge on any atom is 0.194 e. The van der Waals surface area contributed by atoms with Crippen molar-refractivity contribution in [2.24, 2.45) is 0 Å². The second-order valence-electron chi connectivity index (χ2n) is 4.64. The molecule has 21 heavy (non-hydrogen) atoms. The molecule has 2 aromatic carbocycles. The van der Waals surface area contributed by atoms with Gasteiger partial charge in [0, 0.05) is 23.8 Å². The van der Waals surface area contributed by atoms with Gasteiger partial charge in [0.1, 0.15) is 0 Å². The maximum absolute atomic E-state index is 13.1. The van der Waals surface area contributed by atoms with Gasteiger partial charge in [0.2, 0.25) is 0 Å². The topological polar surface area (TPSA) is 24.9 Å². The van der Waals surface area contributed by atoms with Gasteiger partial charge in [-0.2, -0.15) is 0 Å². The van der Waals surface area contributed by atoms with Crippen molar-refractivity contribution >= 4 is 16.6 Å². The van der Waals surface area contributed by atoms with Gasteiger partial charge in [-0.1, -0.05) is 6.07 Å². The fourth-order valence-electron chi connectivity index (χ4n) is 2.10. The minimum atomic E-state index is -1.45. The van der Waals surface area contributed by atoms with E-state index in [2.05, 4.69) is 10.3 Å². The van der Waals surface area contributed by atoms with E-state index in [4.69, 9.17) is 0 Å². The third-order valence-electron chi connectivity index (χ3n) is 3.14. The highest BCUT2D eigenvalue weighted by Crippen LogP contribution is 2.19. The largest absolute Gasteiger partial charge is 0.381 e. The Bertz CT molecular complexity index is 779. The molecular weight excluding hydrogens is 277 g/mol. The summed E-state index contributed by atoms with van der Waals surface area (Å²) in [6, 6.07) is 11.3. The first-order valence-corrected chi connectivity index (χ1v) is 6.35. The van der Waals surface area contributed by atoms with Crippen molar-refractivity contribution in [3.63, 3.8) is 0 Å². The second-order valence-corrected chi connectivity index (χ2v) is 4.64. The van der Waals surface area contributed by atoms with Crippen LogP contribution in [0.4, 0.5) is 18.9 Å². The van der Waals surface area contributed by atoms with Gasteiger partial charge in [-0.25, -0.2) is 13.2 Å². The average molecular weight is 288 g/mol. The number of fused-ring (bicyclic) bond motifs is 1. The Labute approximate surface area is 119 Å². The zero-order chi connectivity index (χ0) is 14.8. The number of hydrogen-bond acceptors (Lipinski definition) is 2. The first-order valence-electron chi connectivity index (χ1n) is 6.35. The van der Waals surface area contributed by atoms with E-state index >= 15 is 0 Å². The third-order valence-corrected chi connectivity index (χ3v) is 3.14. The highest BCUT2D eigenvalue weighted by atomic mass is 19.2. The fourth-order valence-corrected chi connectivity index (χ4v) is 2.10. The highest BCUT2D eigenvalue weighted by molar-refractivity contribution is 5.82. The number of anilines is 1. The molecule has 0 saturated carbocycles. The molecule has 0 bridgehead atoms. The molecule has 2 nitrogen and oxygen atoms in total. The SMILES string of the molecule is Fc1cc(CNc2ccc3ncccc3c2)cc(F)c1F. The second kappa shape index (κ2) is 5.44. The summed E-state index contributed by atoms with van der Waals surface area (Å²) in [7, 11) is 0. The Balaban J connectivity index is 1.80. The summed E-state index contributed by atoms with van der Waals surface area (Å²) in [5, 5.41) is 4.00. The minimum Gasteiger partial charge on any atom is -0.381 e. The highest BCUT2D eigenvalue weighted by Gasteiger charge is 2.10. The normalized spacial score (nSPS) is 10.8. The van der Waals surface area contributed by atoms with E-state index in [-0.39, 0.29) is 6.54 Å². The predicted octanol–water partition coefficient (Wildman–Crippen LogP) is 4.26. The summed E-state index contributed by atoms with van der Waals surface area (Å²) in [5.41, 5.74) is 1.99. The number of hydrogen-bond donors (Lipinski definition) is 1. The van der Waals surface area contributed by atoms with E-state index in [0.29, 0.717) is 5.56 Å². The van der Waals surface area contributed by atoms with Crippen LogP contribution in [0.2, 0.25) is 0 Å². The number of halogens is 3. The third kappa shape index (κ3) is 2.81. The molecule has 3 rings (SSSR count). The molecule has 0 amide bonds. The van der Waals surface area contributed by atoms with E-state index in [9.17, 15) is 13.2 Å². The van der Waals surface area contributed by atoms with E-state index in [1.165, 1.54) is 0 Å². The first kappa shape index (κ1) is 13.4. The van der Waals surface area contributed by atoms with Gasteiger partial charge >= 0.3 is 0 Å². The molecule has 0 aliphatic rings. The number of pyridine rings is 1. The molecular formula is C16H11F3N2. The van der Waals surface area contributed by atoms with Gasteiger partial charge in [0.05, 0.1) is 5.52 Å². The lowest BCUT2D eigenvalue weighted by atomic mass is 10.1. The zero-order valence-corrected chi connectivity index (χ0v) is 10.9. The van der Waals surface area contributed by atoms with Crippen molar-refractivity contribution in [3.8, 4) is 0 Å². The summed E-state index contributed by atoms with van der Waals surface area (Å²) >= 11 is 0. The van der Waals surface area contributed by atoms with Crippen LogP contribution in [0, 0.1) is 17.5 Å². The van der Waals surface area contributed by atoms with Crippen LogP contribution < -0.4 is 5.32 Å². The first-order chi connectivity index (χ1) is 10.1. The van der Waals surface area contributed by atoms with E-state index in [1.807, 2.05) is 30.3 Å². The quantitative estimate of drug-likeness (QED) is 0.728. The average Bonchev–Trinajstić information content (AvgIpc) is 2.50. The molecule has 1 heterocycles. The van der Waals surface area contributed by atoms with Crippen molar-refractivity contribution in [2.45, 2.75) is 6.54 Å². The van der Waals surface area contributed by atoms with Gasteiger partial charge < -0.3 is 5.32 Å². The molecule has 0 radical (unpaired) electrons. The van der Waals surface area contributed by atoms with Crippen LogP contribution in [0.1, 0.15) is 5.56 Å². The molecule has 0 spiro atoms. The lowest BCUT2D eigenvalue weighted by Gasteiger charge is -2.08. The van der Waals surface area contributed by atoms with Gasteiger partial charge in [0.15, 0.2) is 17.5 Å². The van der Waals surface area contributed by atoms with Crippen molar-refractivity contribution in [2.75, 3.05) is 5.32 Å². The molecule has 0 saturated heterocycles. The van der Waals surface area contributed by atoms with Crippen molar-refractivity contribution in [1.82, 2.24) is 4.98 Å². The summed E-state index contributed by atoms with van der Waals surface area (Å²) < 4.78 is 39.1. The summed E-state index contributed by atoms with van der Waals surface area (Å²) in [6.07, 6.45) is 1.71. The number of nitrogens with zero attached hydrogens (tertiary/aromatic N) is 1. The van der Waals surface area contributed by atoms with Gasteiger partial charge in [-0.3, -0.25) is 4.98 Å². The summed E-state index contributed by atoms with van der Waals surface area (Å²) in [5.74, 6) is -3.82. The Morgan fingerprint density at radius 1 is 0.952 bits per heavy atom. The Morgan fingerprint density at radius 3 is 2.48 bits per heavy atom. The molecule has 106 valence electrons. The van der Waals surface area contributed by atoms with Gasteiger partial charge in [0.25, 0.3) is 0 Å². The van der Waals surface area contributed by atoms with Crippen LogP contribution in [0.5, 0.6) is 0 Å². The van der Waals surface area contributed by atoms with Crippen LogP contribution in [-0.2, 0) is 6.54 Å². The molecule has 1 aromatic heterocycles. The van der Waals surface area contributed by atoms with Crippen LogP contribution in [0.15, 0.2) is 48.7 Å². The minimum absolute atomic E-state index is 0.194. The smallest absolute Gasteiger partial charge is 0.194 e.